The molecule has 0 spiro atoms. The molecular formula is C94H180N12O26P4. The number of carbonyl (C=O) groups is 2. The maximum absolute atomic E-state index is 13.7. The van der Waals surface area contributed by atoms with E-state index in [0.29, 0.717) is 51.4 Å². The van der Waals surface area contributed by atoms with Gasteiger partial charge in [-0.25, -0.2) is 18.3 Å². The maximum Gasteiger partial charge on any atom is 0.475 e. The standard InChI is InChI=1S/C59H112N6O14P2.C35H68N6O12P2/c1-7-13-17-21-23-25-27-31-35-40-58(66)78-56(38-33-29-19-15-9-3)42-48-70-50-54(62-64-60)52-76-80(68,72-44-11-5)74-46-37-47-75-81(69,73-45-12-6)77-53-55(63-65-61)51-71-49-43-57(39-34-30-20-16-10-4)79-59(67)41-36-32-28-26-24-22-18-14-8-2;1-5-9-11-13-15-18-34(42)20-26-46-28-32(38-40-36)30-52-54(44,48-22-7-3)50-24-17-25-51-55(45,49-23-8-4)53-31-33(39-41-37)29-47-27-21-35(43)19-16-14-12-10-6-2/h11-12,54-57H,5-10,13-53H2,1-4H3;7-8,32-35,42-43H,3-6,9-31H2,1-2H3/t54?,55?,56-,57-,80?,81?;32?,33?,34-,35-,54?,55?/m11/s1. The lowest BCUT2D eigenvalue weighted by atomic mass is 10.1. The number of unbranched alkanes of at least 4 members (excludes halogenated alkanes) is 32. The van der Waals surface area contributed by atoms with Crippen LogP contribution in [0.15, 0.2) is 71.1 Å². The van der Waals surface area contributed by atoms with E-state index in [1.807, 2.05) is 0 Å². The third-order valence-electron chi connectivity index (χ3n) is 21.2. The Labute approximate surface area is 816 Å². The molecule has 0 aliphatic rings. The summed E-state index contributed by atoms with van der Waals surface area (Å²) >= 11 is 0. The normalized spacial score (nSPS) is 14.9. The maximum atomic E-state index is 13.7. The van der Waals surface area contributed by atoms with Crippen LogP contribution in [0, 0.1) is 0 Å². The van der Waals surface area contributed by atoms with Crippen molar-refractivity contribution in [3.05, 3.63) is 92.4 Å². The zero-order valence-electron chi connectivity index (χ0n) is 84.1. The lowest BCUT2D eigenvalue weighted by Crippen LogP contribution is -2.23. The quantitative estimate of drug-likeness (QED) is 0.0109. The van der Waals surface area contributed by atoms with Crippen LogP contribution < -0.4 is 0 Å². The van der Waals surface area contributed by atoms with Gasteiger partial charge in [0.25, 0.3) is 0 Å². The molecule has 0 aliphatic carbocycles. The molecule has 0 aromatic heterocycles. The second kappa shape index (κ2) is 97.8. The topological polar surface area (TPSA) is 504 Å². The Hall–Kier alpha value is -4.66. The second-order valence-electron chi connectivity index (χ2n) is 33.7. The lowest BCUT2D eigenvalue weighted by molar-refractivity contribution is -0.151. The van der Waals surface area contributed by atoms with E-state index in [9.17, 15) is 49.1 Å². The van der Waals surface area contributed by atoms with Crippen LogP contribution in [0.25, 0.3) is 41.8 Å². The number of ether oxygens (including phenoxy) is 6. The number of nitrogens with zero attached hydrogens (tertiary/aromatic N) is 12. The molecule has 38 nitrogen and oxygen atoms in total. The first kappa shape index (κ1) is 133. The fraction of sp³-hybridized carbons (Fsp3) is 0.894. The number of aliphatic hydroxyl groups is 2. The molecule has 2 N–H and O–H groups in total. The Bertz CT molecular complexity index is 3090. The van der Waals surface area contributed by atoms with Gasteiger partial charge in [-0.1, -0.05) is 305 Å². The van der Waals surface area contributed by atoms with Crippen molar-refractivity contribution in [3.8, 4) is 0 Å². The fourth-order valence-corrected chi connectivity index (χ4v) is 18.3. The van der Waals surface area contributed by atoms with Crippen LogP contribution >= 0.6 is 31.3 Å². The first-order valence-electron chi connectivity index (χ1n) is 50.9. The van der Waals surface area contributed by atoms with Gasteiger partial charge < -0.3 is 38.6 Å². The van der Waals surface area contributed by atoms with Crippen molar-refractivity contribution in [2.45, 2.75) is 411 Å². The summed E-state index contributed by atoms with van der Waals surface area (Å²) in [5.41, 5.74) is 36.6. The van der Waals surface area contributed by atoms with E-state index in [1.165, 1.54) is 114 Å². The highest BCUT2D eigenvalue weighted by Crippen LogP contribution is 2.53. The van der Waals surface area contributed by atoms with E-state index in [1.54, 1.807) is 0 Å². The van der Waals surface area contributed by atoms with Gasteiger partial charge in [0.05, 0.1) is 155 Å². The van der Waals surface area contributed by atoms with Crippen LogP contribution in [0.4, 0.5) is 0 Å². The van der Waals surface area contributed by atoms with Crippen molar-refractivity contribution < 1.29 is 121 Å². The van der Waals surface area contributed by atoms with E-state index >= 15 is 0 Å². The summed E-state index contributed by atoms with van der Waals surface area (Å²) in [4.78, 5) is 37.1. The van der Waals surface area contributed by atoms with Gasteiger partial charge in [-0.15, -0.1) is 26.3 Å². The largest absolute Gasteiger partial charge is 0.475 e. The SMILES string of the molecule is C=CCOP(=O)(OCCCOP(=O)(OCC=C)OCC(COCC[C@@H](CCCCCCC)OC(=O)CCCCCCCCCCC)N=[N+]=[N-])OCC(COCC[C@@H](CCCCCCC)OC(=O)CCCCCCCCCCC)N=[N+]=[N-].C=CCOP(=O)(OCCCOP(=O)(OCC=C)OCC(COCC[C@H](O)CCCCCCC)N=[N+]=[N-])OCC(COCC[C@H](O)CCCCCCC)N=[N+]=[N-]. The molecular weight excluding hydrogens is 1840 g/mol. The van der Waals surface area contributed by atoms with E-state index in [4.69, 9.17) is 93.8 Å². The summed E-state index contributed by atoms with van der Waals surface area (Å²) in [5, 5.41) is 35.2. The number of phosphoric ester groups is 4. The van der Waals surface area contributed by atoms with Crippen molar-refractivity contribution in [3.63, 3.8) is 0 Å². The average molecular weight is 2020 g/mol. The molecule has 0 heterocycles. The number of rotatable bonds is 106. The number of azide groups is 4. The van der Waals surface area contributed by atoms with Crippen molar-refractivity contribution >= 4 is 43.2 Å². The van der Waals surface area contributed by atoms with Crippen molar-refractivity contribution in [2.75, 3.05) is 132 Å². The molecule has 0 fully saturated rings. The Morgan fingerprint density at radius 3 is 0.713 bits per heavy atom. The highest BCUT2D eigenvalue weighted by atomic mass is 31.2. The molecule has 12 atom stereocenters. The number of phosphoric acid groups is 4. The molecule has 42 heteroatoms. The summed E-state index contributed by atoms with van der Waals surface area (Å²) < 4.78 is 154. The molecule has 0 bridgehead atoms. The smallest absolute Gasteiger partial charge is 0.462 e. The summed E-state index contributed by atoms with van der Waals surface area (Å²) in [6.45, 7) is 25.0. The van der Waals surface area contributed by atoms with E-state index in [2.05, 4.69) is 108 Å². The fourth-order valence-electron chi connectivity index (χ4n) is 13.4. The predicted octanol–water partition coefficient (Wildman–Crippen LogP) is 28.3. The molecule has 792 valence electrons. The van der Waals surface area contributed by atoms with Crippen LogP contribution in [-0.4, -0.2) is 203 Å². The molecule has 8 unspecified atom stereocenters. The number of carbonyl (C=O) groups excluding carboxylic acids is 2. The van der Waals surface area contributed by atoms with Crippen LogP contribution in [0.3, 0.4) is 0 Å². The van der Waals surface area contributed by atoms with Gasteiger partial charge >= 0.3 is 43.2 Å². The monoisotopic (exact) mass is 2020 g/mol. The molecule has 0 aromatic carbocycles. The minimum absolute atomic E-state index is 0.0223. The lowest BCUT2D eigenvalue weighted by Gasteiger charge is -2.21. The zero-order chi connectivity index (χ0) is 100. The molecule has 0 aliphatic heterocycles. The van der Waals surface area contributed by atoms with Gasteiger partial charge in [-0.2, -0.15) is 0 Å². The Kier molecular flexibility index (Phi) is 95.9. The number of hydrogen-bond acceptors (Lipinski definition) is 30. The van der Waals surface area contributed by atoms with Gasteiger partial charge in [-0.3, -0.25) is 63.9 Å². The van der Waals surface area contributed by atoms with Gasteiger partial charge in [0.2, 0.25) is 0 Å². The molecule has 0 rings (SSSR count). The van der Waals surface area contributed by atoms with Crippen LogP contribution in [0.1, 0.15) is 363 Å². The number of aliphatic hydroxyl groups excluding tert-OH is 2. The highest BCUT2D eigenvalue weighted by Gasteiger charge is 2.34. The Balaban J connectivity index is 0. The summed E-state index contributed by atoms with van der Waals surface area (Å²) in [6, 6.07) is -3.52. The van der Waals surface area contributed by atoms with Crippen molar-refractivity contribution in [2.24, 2.45) is 20.5 Å². The van der Waals surface area contributed by atoms with E-state index in [-0.39, 0.29) is 169 Å². The Morgan fingerprint density at radius 1 is 0.272 bits per heavy atom. The first-order chi connectivity index (χ1) is 66.1. The van der Waals surface area contributed by atoms with Crippen molar-refractivity contribution in [1.29, 1.82) is 0 Å². The molecule has 0 radical (unpaired) electrons. The number of hydrogen-bond donors (Lipinski definition) is 2. The second-order valence-corrected chi connectivity index (χ2v) is 40.4. The molecule has 0 amide bonds. The average Bonchev–Trinajstić information content (AvgIpc) is 0.889. The number of esters is 2. The third-order valence-corrected chi connectivity index (χ3v) is 27.0. The molecule has 0 aromatic rings. The predicted molar refractivity (Wildman–Crippen MR) is 534 cm³/mol. The Morgan fingerprint density at radius 2 is 0.485 bits per heavy atom. The van der Waals surface area contributed by atoms with Crippen molar-refractivity contribution in [1.82, 2.24) is 0 Å². The highest BCUT2D eigenvalue weighted by molar-refractivity contribution is 7.49. The van der Waals surface area contributed by atoms with Crippen LogP contribution in [-0.2, 0) is 111 Å². The van der Waals surface area contributed by atoms with Gasteiger partial charge in [0, 0.05) is 58.5 Å². The van der Waals surface area contributed by atoms with Gasteiger partial charge in [0.1, 0.15) is 12.2 Å². The molecule has 0 saturated carbocycles. The van der Waals surface area contributed by atoms with Crippen LogP contribution in [0.2, 0.25) is 0 Å². The van der Waals surface area contributed by atoms with E-state index < -0.39 is 67.7 Å². The van der Waals surface area contributed by atoms with E-state index in [0.717, 1.165) is 167 Å². The minimum atomic E-state index is -4.26. The third kappa shape index (κ3) is 86.1. The molecule has 0 saturated heterocycles. The summed E-state index contributed by atoms with van der Waals surface area (Å²) in [7, 11) is -16.9. The van der Waals surface area contributed by atoms with Crippen LogP contribution in [0.5, 0.6) is 0 Å². The summed E-state index contributed by atoms with van der Waals surface area (Å²) in [5.74, 6) is -0.390. The minimum Gasteiger partial charge on any atom is -0.462 e. The van der Waals surface area contributed by atoms with Gasteiger partial charge in [-0.05, 0) is 99.2 Å². The first-order valence-corrected chi connectivity index (χ1v) is 56.7. The zero-order valence-corrected chi connectivity index (χ0v) is 87.7. The summed E-state index contributed by atoms with van der Waals surface area (Å²) in [6.07, 6.45) is 52.1. The molecule has 136 heavy (non-hydrogen) atoms. The van der Waals surface area contributed by atoms with Gasteiger partial charge in [0.15, 0.2) is 0 Å².